The average molecular weight is 366 g/mol. The molecule has 1 amide bonds. The van der Waals surface area contributed by atoms with Gasteiger partial charge in [0.05, 0.1) is 31.9 Å². The molecular weight excluding hydrogens is 342 g/mol. The highest BCUT2D eigenvalue weighted by Gasteiger charge is 2.46. The van der Waals surface area contributed by atoms with E-state index >= 15 is 0 Å². The third kappa shape index (κ3) is 3.90. The standard InChI is InChI=1S/C21H23N3O3/c1-23(2)13-8-14-24-18(16-11-6-7-12-22-16)17(20(26)21(24)27)19(25)15-9-4-3-5-10-15/h3-7,9-12,18,25H,8,13-14H2,1-2H3/p+1/t18-/m1/s1. The lowest BCUT2D eigenvalue weighted by atomic mass is 9.98. The second-order valence-electron chi connectivity index (χ2n) is 6.92. The first kappa shape index (κ1) is 18.8. The highest BCUT2D eigenvalue weighted by Crippen LogP contribution is 2.38. The lowest BCUT2D eigenvalue weighted by molar-refractivity contribution is -0.858. The number of carbonyl (C=O) groups excluding carboxylic acids is 2. The number of ketones is 1. The van der Waals surface area contributed by atoms with Gasteiger partial charge in [-0.2, -0.15) is 0 Å². The topological polar surface area (TPSA) is 74.9 Å². The predicted octanol–water partition coefficient (Wildman–Crippen LogP) is 1.04. The van der Waals surface area contributed by atoms with E-state index in [0.717, 1.165) is 13.0 Å². The van der Waals surface area contributed by atoms with Crippen molar-refractivity contribution in [2.45, 2.75) is 12.5 Å². The highest BCUT2D eigenvalue weighted by molar-refractivity contribution is 6.46. The summed E-state index contributed by atoms with van der Waals surface area (Å²) < 4.78 is 0. The van der Waals surface area contributed by atoms with Crippen molar-refractivity contribution < 1.29 is 19.6 Å². The molecule has 1 saturated heterocycles. The molecule has 1 aliphatic heterocycles. The van der Waals surface area contributed by atoms with Crippen LogP contribution >= 0.6 is 0 Å². The van der Waals surface area contributed by atoms with Crippen molar-refractivity contribution in [2.24, 2.45) is 0 Å². The van der Waals surface area contributed by atoms with Crippen LogP contribution in [0, 0.1) is 0 Å². The zero-order valence-electron chi connectivity index (χ0n) is 15.6. The number of hydrogen-bond donors (Lipinski definition) is 2. The highest BCUT2D eigenvalue weighted by atomic mass is 16.3. The van der Waals surface area contributed by atoms with Gasteiger partial charge in [0.1, 0.15) is 11.8 Å². The second-order valence-corrected chi connectivity index (χ2v) is 6.92. The molecule has 6 nitrogen and oxygen atoms in total. The Hall–Kier alpha value is -2.99. The maximum absolute atomic E-state index is 12.8. The van der Waals surface area contributed by atoms with Crippen LogP contribution in [0.3, 0.4) is 0 Å². The van der Waals surface area contributed by atoms with E-state index in [0.29, 0.717) is 17.8 Å². The molecule has 1 fully saturated rings. The van der Waals surface area contributed by atoms with Crippen LogP contribution in [0.5, 0.6) is 0 Å². The molecule has 27 heavy (non-hydrogen) atoms. The van der Waals surface area contributed by atoms with E-state index in [-0.39, 0.29) is 11.3 Å². The number of aliphatic hydroxyl groups is 1. The van der Waals surface area contributed by atoms with E-state index in [1.54, 1.807) is 42.6 Å². The van der Waals surface area contributed by atoms with Gasteiger partial charge in [-0.1, -0.05) is 36.4 Å². The molecular formula is C21H24N3O3+. The van der Waals surface area contributed by atoms with Crippen LogP contribution in [0.15, 0.2) is 60.3 Å². The monoisotopic (exact) mass is 366 g/mol. The lowest BCUT2D eigenvalue weighted by Gasteiger charge is -2.24. The van der Waals surface area contributed by atoms with Gasteiger partial charge in [-0.15, -0.1) is 0 Å². The Morgan fingerprint density at radius 3 is 2.44 bits per heavy atom. The molecule has 1 aliphatic rings. The fourth-order valence-corrected chi connectivity index (χ4v) is 3.31. The number of likely N-dealkylation sites (tertiary alicyclic amines) is 1. The minimum atomic E-state index is -0.677. The van der Waals surface area contributed by atoms with E-state index < -0.39 is 17.7 Å². The van der Waals surface area contributed by atoms with E-state index in [9.17, 15) is 14.7 Å². The van der Waals surface area contributed by atoms with Crippen LogP contribution in [0.25, 0.3) is 5.76 Å². The van der Waals surface area contributed by atoms with Crippen LogP contribution < -0.4 is 4.90 Å². The molecule has 2 N–H and O–H groups in total. The van der Waals surface area contributed by atoms with Gasteiger partial charge in [-0.05, 0) is 12.1 Å². The first-order valence-electron chi connectivity index (χ1n) is 9.04. The third-order valence-electron chi connectivity index (χ3n) is 4.63. The van der Waals surface area contributed by atoms with Gasteiger partial charge in [0, 0.05) is 24.7 Å². The molecule has 2 aromatic rings. The molecule has 3 rings (SSSR count). The Kier molecular flexibility index (Phi) is 5.66. The number of quaternary nitrogens is 1. The van der Waals surface area contributed by atoms with Gasteiger partial charge >= 0.3 is 0 Å². The van der Waals surface area contributed by atoms with E-state index in [4.69, 9.17) is 0 Å². The molecule has 0 aliphatic carbocycles. The number of benzene rings is 1. The third-order valence-corrected chi connectivity index (χ3v) is 4.63. The Balaban J connectivity index is 2.05. The summed E-state index contributed by atoms with van der Waals surface area (Å²) in [5.74, 6) is -1.41. The first-order valence-corrected chi connectivity index (χ1v) is 9.04. The molecule has 0 radical (unpaired) electrons. The van der Waals surface area contributed by atoms with E-state index in [1.807, 2.05) is 26.2 Å². The van der Waals surface area contributed by atoms with Crippen molar-refractivity contribution in [2.75, 3.05) is 27.2 Å². The number of aliphatic hydroxyl groups excluding tert-OH is 1. The summed E-state index contributed by atoms with van der Waals surface area (Å²) in [7, 11) is 4.08. The molecule has 0 bridgehead atoms. The van der Waals surface area contributed by atoms with Gasteiger partial charge in [-0.3, -0.25) is 14.6 Å². The van der Waals surface area contributed by atoms with Gasteiger partial charge in [0.15, 0.2) is 0 Å². The van der Waals surface area contributed by atoms with Crippen LogP contribution in [0.4, 0.5) is 0 Å². The molecule has 0 spiro atoms. The second kappa shape index (κ2) is 8.14. The summed E-state index contributed by atoms with van der Waals surface area (Å²) in [4.78, 5) is 32.6. The molecule has 0 saturated carbocycles. The van der Waals surface area contributed by atoms with Crippen LogP contribution in [-0.2, 0) is 9.59 Å². The first-order chi connectivity index (χ1) is 13.0. The number of pyridine rings is 1. The minimum Gasteiger partial charge on any atom is -0.507 e. The van der Waals surface area contributed by atoms with Gasteiger partial charge in [0.25, 0.3) is 11.7 Å². The van der Waals surface area contributed by atoms with Gasteiger partial charge < -0.3 is 14.9 Å². The zero-order chi connectivity index (χ0) is 19.4. The maximum Gasteiger partial charge on any atom is 0.295 e. The Morgan fingerprint density at radius 1 is 1.11 bits per heavy atom. The van der Waals surface area contributed by atoms with Crippen molar-refractivity contribution in [3.63, 3.8) is 0 Å². The van der Waals surface area contributed by atoms with E-state index in [2.05, 4.69) is 4.98 Å². The molecule has 1 aromatic carbocycles. The summed E-state index contributed by atoms with van der Waals surface area (Å²) in [5.41, 5.74) is 1.18. The summed E-state index contributed by atoms with van der Waals surface area (Å²) in [5, 5.41) is 10.8. The number of amides is 1. The SMILES string of the molecule is C[NH+](C)CCCN1C(=O)C(=O)C(=C(O)c2ccccc2)[C@H]1c1ccccn1. The van der Waals surface area contributed by atoms with Gasteiger partial charge in [-0.25, -0.2) is 0 Å². The fourth-order valence-electron chi connectivity index (χ4n) is 3.31. The Bertz CT molecular complexity index is 847. The quantitative estimate of drug-likeness (QED) is 0.455. The number of Topliss-reactive ketones (excluding diaryl/α,β-unsaturated/α-hetero) is 1. The van der Waals surface area contributed by atoms with Crippen molar-refractivity contribution in [1.82, 2.24) is 9.88 Å². The number of hydrogen-bond acceptors (Lipinski definition) is 4. The largest absolute Gasteiger partial charge is 0.507 e. The Morgan fingerprint density at radius 2 is 1.81 bits per heavy atom. The minimum absolute atomic E-state index is 0.0992. The van der Waals surface area contributed by atoms with Crippen LogP contribution in [0.2, 0.25) is 0 Å². The normalized spacial score (nSPS) is 19.1. The number of aromatic nitrogens is 1. The average Bonchev–Trinajstić information content (AvgIpc) is 2.93. The fraction of sp³-hybridized carbons (Fsp3) is 0.286. The number of rotatable bonds is 6. The molecule has 2 heterocycles. The predicted molar refractivity (Wildman–Crippen MR) is 102 cm³/mol. The van der Waals surface area contributed by atoms with Crippen molar-refractivity contribution in [3.05, 3.63) is 71.6 Å². The summed E-state index contributed by atoms with van der Waals surface area (Å²) in [6, 6.07) is 13.5. The van der Waals surface area contributed by atoms with Crippen LogP contribution in [-0.4, -0.2) is 53.9 Å². The maximum atomic E-state index is 12.8. The summed E-state index contributed by atoms with van der Waals surface area (Å²) in [6.45, 7) is 1.30. The molecule has 140 valence electrons. The van der Waals surface area contributed by atoms with Crippen LogP contribution in [0.1, 0.15) is 23.7 Å². The van der Waals surface area contributed by atoms with Gasteiger partial charge in [0.2, 0.25) is 0 Å². The summed E-state index contributed by atoms with van der Waals surface area (Å²) in [6.07, 6.45) is 2.38. The molecule has 1 aromatic heterocycles. The van der Waals surface area contributed by atoms with Crippen molar-refractivity contribution >= 4 is 17.4 Å². The van der Waals surface area contributed by atoms with Crippen molar-refractivity contribution in [3.8, 4) is 0 Å². The number of nitrogens with one attached hydrogen (secondary N) is 1. The Labute approximate surface area is 158 Å². The molecule has 1 atom stereocenters. The molecule has 6 heteroatoms. The summed E-state index contributed by atoms with van der Waals surface area (Å²) >= 11 is 0. The number of carbonyl (C=O) groups is 2. The smallest absolute Gasteiger partial charge is 0.295 e. The zero-order valence-corrected chi connectivity index (χ0v) is 15.6. The lowest BCUT2D eigenvalue weighted by Crippen LogP contribution is -3.05. The van der Waals surface area contributed by atoms with E-state index in [1.165, 1.54) is 9.80 Å². The number of nitrogens with zero attached hydrogens (tertiary/aromatic N) is 2. The van der Waals surface area contributed by atoms with Crippen molar-refractivity contribution in [1.29, 1.82) is 0 Å². The molecule has 0 unspecified atom stereocenters.